The molecule has 0 aliphatic rings. The van der Waals surface area contributed by atoms with Crippen LogP contribution in [0.25, 0.3) is 11.3 Å². The molecule has 1 heterocycles. The summed E-state index contributed by atoms with van der Waals surface area (Å²) in [6, 6.07) is 9.52. The third-order valence-electron chi connectivity index (χ3n) is 2.90. The minimum atomic E-state index is -0.346. The molecule has 0 saturated carbocycles. The number of benzene rings is 1. The van der Waals surface area contributed by atoms with Crippen LogP contribution >= 0.6 is 11.3 Å². The summed E-state index contributed by atoms with van der Waals surface area (Å²) in [6.07, 6.45) is 0.369. The molecule has 0 saturated heterocycles. The number of carbonyl (C=O) groups excluding carboxylic acids is 2. The number of amides is 2. The van der Waals surface area contributed by atoms with Gasteiger partial charge in [-0.25, -0.2) is 4.98 Å². The number of aromatic nitrogens is 1. The van der Waals surface area contributed by atoms with Crippen molar-refractivity contribution in [3.8, 4) is 11.3 Å². The molecular weight excluding hydrogens is 298 g/mol. The monoisotopic (exact) mass is 317 g/mol. The van der Waals surface area contributed by atoms with E-state index in [4.69, 9.17) is 0 Å². The number of nitrogens with one attached hydrogen (secondary N) is 2. The Morgan fingerprint density at radius 3 is 2.50 bits per heavy atom. The number of thiazole rings is 1. The lowest BCUT2D eigenvalue weighted by atomic mass is 10.1. The van der Waals surface area contributed by atoms with Crippen LogP contribution in [0, 0.1) is 12.8 Å². The highest BCUT2D eigenvalue weighted by molar-refractivity contribution is 7.14. The average molecular weight is 317 g/mol. The number of aryl methyl sites for hydroxylation is 1. The van der Waals surface area contributed by atoms with Crippen molar-refractivity contribution < 1.29 is 9.59 Å². The van der Waals surface area contributed by atoms with E-state index in [1.165, 1.54) is 11.3 Å². The smallest absolute Gasteiger partial charge is 0.273 e. The lowest BCUT2D eigenvalue weighted by molar-refractivity contribution is -0.122. The van der Waals surface area contributed by atoms with Crippen LogP contribution in [0.5, 0.6) is 0 Å². The molecule has 6 heteroatoms. The average Bonchev–Trinajstić information content (AvgIpc) is 2.87. The zero-order chi connectivity index (χ0) is 16.1. The molecule has 2 amide bonds. The quantitative estimate of drug-likeness (QED) is 0.852. The maximum Gasteiger partial charge on any atom is 0.282 e. The fourth-order valence-corrected chi connectivity index (χ4v) is 2.81. The van der Waals surface area contributed by atoms with Crippen LogP contribution in [0.4, 0.5) is 0 Å². The summed E-state index contributed by atoms with van der Waals surface area (Å²) >= 11 is 1.31. The van der Waals surface area contributed by atoms with Crippen LogP contribution in [0.2, 0.25) is 0 Å². The first kappa shape index (κ1) is 16.2. The largest absolute Gasteiger partial charge is 0.282 e. The summed E-state index contributed by atoms with van der Waals surface area (Å²) in [5, 5.41) is 0.803. The summed E-state index contributed by atoms with van der Waals surface area (Å²) in [5.41, 5.74) is 6.42. The predicted octanol–water partition coefficient (Wildman–Crippen LogP) is 2.93. The second kappa shape index (κ2) is 7.17. The molecule has 0 bridgehead atoms. The van der Waals surface area contributed by atoms with E-state index in [2.05, 4.69) is 15.8 Å². The molecular formula is C16H19N3O2S. The number of hydrazine groups is 1. The van der Waals surface area contributed by atoms with Crippen molar-refractivity contribution in [2.45, 2.75) is 27.2 Å². The van der Waals surface area contributed by atoms with Crippen molar-refractivity contribution in [1.82, 2.24) is 15.8 Å². The molecule has 0 radical (unpaired) electrons. The predicted molar refractivity (Wildman–Crippen MR) is 87.4 cm³/mol. The lowest BCUT2D eigenvalue weighted by Gasteiger charge is -2.08. The molecule has 0 spiro atoms. The van der Waals surface area contributed by atoms with Gasteiger partial charge in [0.15, 0.2) is 0 Å². The van der Waals surface area contributed by atoms with Crippen molar-refractivity contribution in [3.63, 3.8) is 0 Å². The Kier molecular flexibility index (Phi) is 5.27. The maximum absolute atomic E-state index is 12.3. The highest BCUT2D eigenvalue weighted by Gasteiger charge is 2.18. The molecule has 0 unspecified atom stereocenters. The van der Waals surface area contributed by atoms with Crippen LogP contribution in [-0.2, 0) is 4.79 Å². The van der Waals surface area contributed by atoms with Crippen LogP contribution in [-0.4, -0.2) is 16.8 Å². The Balaban J connectivity index is 2.12. The lowest BCUT2D eigenvalue weighted by Crippen LogP contribution is -2.41. The Morgan fingerprint density at radius 2 is 1.86 bits per heavy atom. The summed E-state index contributed by atoms with van der Waals surface area (Å²) in [4.78, 5) is 28.8. The number of rotatable bonds is 4. The minimum Gasteiger partial charge on any atom is -0.273 e. The number of hydrogen-bond acceptors (Lipinski definition) is 4. The fraction of sp³-hybridized carbons (Fsp3) is 0.312. The first-order valence-electron chi connectivity index (χ1n) is 7.09. The zero-order valence-corrected chi connectivity index (χ0v) is 13.7. The number of hydrogen-bond donors (Lipinski definition) is 2. The highest BCUT2D eigenvalue weighted by Crippen LogP contribution is 2.27. The van der Waals surface area contributed by atoms with Gasteiger partial charge in [-0.05, 0) is 12.8 Å². The summed E-state index contributed by atoms with van der Waals surface area (Å²) in [6.45, 7) is 5.74. The molecule has 0 atom stereocenters. The van der Waals surface area contributed by atoms with E-state index >= 15 is 0 Å². The molecule has 2 aromatic rings. The summed E-state index contributed by atoms with van der Waals surface area (Å²) in [7, 11) is 0. The van der Waals surface area contributed by atoms with Gasteiger partial charge in [0.2, 0.25) is 5.91 Å². The van der Waals surface area contributed by atoms with E-state index in [1.54, 1.807) is 0 Å². The Labute approximate surface area is 133 Å². The van der Waals surface area contributed by atoms with Gasteiger partial charge in [0, 0.05) is 12.0 Å². The van der Waals surface area contributed by atoms with Gasteiger partial charge in [-0.1, -0.05) is 44.2 Å². The first-order chi connectivity index (χ1) is 10.5. The van der Waals surface area contributed by atoms with Crippen LogP contribution < -0.4 is 10.9 Å². The molecule has 1 aromatic carbocycles. The molecule has 116 valence electrons. The van der Waals surface area contributed by atoms with Crippen molar-refractivity contribution in [3.05, 3.63) is 40.2 Å². The second-order valence-electron chi connectivity index (χ2n) is 5.38. The van der Waals surface area contributed by atoms with Gasteiger partial charge >= 0.3 is 0 Å². The third-order valence-corrected chi connectivity index (χ3v) is 3.87. The molecule has 0 aliphatic carbocycles. The van der Waals surface area contributed by atoms with Gasteiger partial charge in [0.05, 0.1) is 10.7 Å². The van der Waals surface area contributed by atoms with Gasteiger partial charge in [0.1, 0.15) is 4.88 Å². The summed E-state index contributed by atoms with van der Waals surface area (Å²) in [5.74, 6) is -0.310. The van der Waals surface area contributed by atoms with Gasteiger partial charge in [-0.3, -0.25) is 20.4 Å². The first-order valence-corrected chi connectivity index (χ1v) is 7.91. The van der Waals surface area contributed by atoms with Crippen molar-refractivity contribution in [2.24, 2.45) is 5.92 Å². The maximum atomic E-state index is 12.3. The number of carbonyl (C=O) groups is 2. The van der Waals surface area contributed by atoms with E-state index in [1.807, 2.05) is 51.1 Å². The van der Waals surface area contributed by atoms with E-state index in [0.717, 1.165) is 10.6 Å². The fourth-order valence-electron chi connectivity index (χ4n) is 1.98. The normalized spacial score (nSPS) is 10.5. The van der Waals surface area contributed by atoms with E-state index < -0.39 is 0 Å². The Morgan fingerprint density at radius 1 is 1.18 bits per heavy atom. The minimum absolute atomic E-state index is 0.203. The van der Waals surface area contributed by atoms with Crippen molar-refractivity contribution in [2.75, 3.05) is 0 Å². The van der Waals surface area contributed by atoms with Crippen molar-refractivity contribution >= 4 is 23.2 Å². The number of nitrogens with zero attached hydrogens (tertiary/aromatic N) is 1. The van der Waals surface area contributed by atoms with Crippen LogP contribution in [0.15, 0.2) is 30.3 Å². The molecule has 2 rings (SSSR count). The van der Waals surface area contributed by atoms with Gasteiger partial charge in [-0.15, -0.1) is 11.3 Å². The topological polar surface area (TPSA) is 71.1 Å². The van der Waals surface area contributed by atoms with Gasteiger partial charge < -0.3 is 0 Å². The Bertz CT molecular complexity index is 665. The molecule has 2 N–H and O–H groups in total. The SMILES string of the molecule is Cc1nc(-c2ccccc2)c(C(=O)NNC(=O)CC(C)C)s1. The standard InChI is InChI=1S/C16H19N3O2S/c1-10(2)9-13(20)18-19-16(21)15-14(17-11(3)22-15)12-7-5-4-6-8-12/h4-8,10H,9H2,1-3H3,(H,18,20)(H,19,21). The van der Waals surface area contributed by atoms with Crippen molar-refractivity contribution in [1.29, 1.82) is 0 Å². The van der Waals surface area contributed by atoms with Crippen LogP contribution in [0.1, 0.15) is 34.9 Å². The second-order valence-corrected chi connectivity index (χ2v) is 6.58. The molecule has 0 fully saturated rings. The van der Waals surface area contributed by atoms with E-state index in [9.17, 15) is 9.59 Å². The molecule has 5 nitrogen and oxygen atoms in total. The molecule has 0 aliphatic heterocycles. The van der Waals surface area contributed by atoms with E-state index in [-0.39, 0.29) is 17.7 Å². The summed E-state index contributed by atoms with van der Waals surface area (Å²) < 4.78 is 0. The van der Waals surface area contributed by atoms with Gasteiger partial charge in [-0.2, -0.15) is 0 Å². The Hall–Kier alpha value is -2.21. The van der Waals surface area contributed by atoms with E-state index in [0.29, 0.717) is 17.0 Å². The molecule has 1 aromatic heterocycles. The van der Waals surface area contributed by atoms with Crippen LogP contribution in [0.3, 0.4) is 0 Å². The molecule has 22 heavy (non-hydrogen) atoms. The zero-order valence-electron chi connectivity index (χ0n) is 12.8. The highest BCUT2D eigenvalue weighted by atomic mass is 32.1. The third kappa shape index (κ3) is 4.14. The van der Waals surface area contributed by atoms with Gasteiger partial charge in [0.25, 0.3) is 5.91 Å².